The van der Waals surface area contributed by atoms with Crippen LogP contribution in [0.15, 0.2) is 23.3 Å². The lowest BCUT2D eigenvalue weighted by Crippen LogP contribution is -2.35. The summed E-state index contributed by atoms with van der Waals surface area (Å²) in [5.41, 5.74) is 0.0782. The molecule has 6 heteroatoms. The van der Waals surface area contributed by atoms with Gasteiger partial charge in [0.25, 0.3) is 0 Å². The van der Waals surface area contributed by atoms with E-state index in [0.717, 1.165) is 24.6 Å². The second kappa shape index (κ2) is 5.12. The summed E-state index contributed by atoms with van der Waals surface area (Å²) in [7, 11) is 0. The maximum Gasteiger partial charge on any atom is 0.342 e. The predicted molar refractivity (Wildman–Crippen MR) is 64.4 cm³/mol. The molecule has 1 atom stereocenters. The van der Waals surface area contributed by atoms with E-state index in [1.807, 2.05) is 6.92 Å². The van der Waals surface area contributed by atoms with Crippen molar-refractivity contribution >= 4 is 17.9 Å². The highest BCUT2D eigenvalue weighted by Crippen LogP contribution is 2.18. The summed E-state index contributed by atoms with van der Waals surface area (Å²) in [6, 6.07) is 2.38. The Morgan fingerprint density at radius 2 is 2.11 bits per heavy atom. The summed E-state index contributed by atoms with van der Waals surface area (Å²) < 4.78 is 25.9. The van der Waals surface area contributed by atoms with Crippen molar-refractivity contribution in [3.8, 4) is 0 Å². The third kappa shape index (κ3) is 2.64. The largest absolute Gasteiger partial charge is 0.342 e. The van der Waals surface area contributed by atoms with Gasteiger partial charge in [-0.05, 0) is 18.6 Å². The van der Waals surface area contributed by atoms with Crippen molar-refractivity contribution in [3.05, 3.63) is 29.8 Å². The molecule has 0 radical (unpaired) electrons. The van der Waals surface area contributed by atoms with E-state index in [4.69, 9.17) is 0 Å². The van der Waals surface area contributed by atoms with E-state index in [2.05, 4.69) is 10.4 Å². The zero-order valence-electron chi connectivity index (χ0n) is 9.86. The molecule has 0 saturated carbocycles. The van der Waals surface area contributed by atoms with Crippen LogP contribution < -0.4 is 5.32 Å². The highest BCUT2D eigenvalue weighted by molar-refractivity contribution is 5.90. The van der Waals surface area contributed by atoms with Crippen LogP contribution in [-0.2, 0) is 0 Å². The molecule has 4 nitrogen and oxygen atoms in total. The van der Waals surface area contributed by atoms with Crippen LogP contribution in [0.1, 0.15) is 19.8 Å². The lowest BCUT2D eigenvalue weighted by atomic mass is 10.2. The molecule has 0 spiro atoms. The summed E-state index contributed by atoms with van der Waals surface area (Å²) in [4.78, 5) is 11.9. The second-order valence-electron chi connectivity index (χ2n) is 4.03. The number of anilines is 1. The highest BCUT2D eigenvalue weighted by Gasteiger charge is 2.25. The number of carbonyl (C=O) groups excluding carboxylic acids is 1. The summed E-state index contributed by atoms with van der Waals surface area (Å²) in [6.45, 7) is 1.95. The molecule has 1 aliphatic heterocycles. The van der Waals surface area contributed by atoms with E-state index >= 15 is 0 Å². The molecule has 2 rings (SSSR count). The molecule has 0 aromatic heterocycles. The van der Waals surface area contributed by atoms with Gasteiger partial charge in [0.1, 0.15) is 11.6 Å². The normalized spacial score (nSPS) is 18.2. The summed E-state index contributed by atoms with van der Waals surface area (Å²) in [5, 5.41) is 7.66. The number of halogens is 2. The molecule has 1 aliphatic rings. The summed E-state index contributed by atoms with van der Waals surface area (Å²) >= 11 is 0. The number of hydrazone groups is 1. The lowest BCUT2D eigenvalue weighted by Gasteiger charge is -2.20. The van der Waals surface area contributed by atoms with Gasteiger partial charge in [-0.3, -0.25) is 0 Å². The van der Waals surface area contributed by atoms with Gasteiger partial charge in [0, 0.05) is 24.4 Å². The number of hydrogen-bond acceptors (Lipinski definition) is 2. The Morgan fingerprint density at radius 3 is 2.72 bits per heavy atom. The van der Waals surface area contributed by atoms with Crippen molar-refractivity contribution in [1.29, 1.82) is 0 Å². The monoisotopic (exact) mass is 253 g/mol. The van der Waals surface area contributed by atoms with Crippen molar-refractivity contribution in [1.82, 2.24) is 5.01 Å². The zero-order valence-corrected chi connectivity index (χ0v) is 9.86. The average Bonchev–Trinajstić information content (AvgIpc) is 2.75. The van der Waals surface area contributed by atoms with Crippen LogP contribution in [0.25, 0.3) is 0 Å². The molecule has 0 aliphatic carbocycles. The van der Waals surface area contributed by atoms with Gasteiger partial charge >= 0.3 is 6.03 Å². The van der Waals surface area contributed by atoms with E-state index < -0.39 is 17.7 Å². The molecule has 1 unspecified atom stereocenters. The molecule has 0 bridgehead atoms. The first kappa shape index (κ1) is 12.5. The first-order valence-corrected chi connectivity index (χ1v) is 5.69. The van der Waals surface area contributed by atoms with Crippen LogP contribution in [0.3, 0.4) is 0 Å². The van der Waals surface area contributed by atoms with Gasteiger partial charge in [-0.1, -0.05) is 6.92 Å². The van der Waals surface area contributed by atoms with Crippen LogP contribution in [0.4, 0.5) is 19.3 Å². The molecule has 1 heterocycles. The van der Waals surface area contributed by atoms with Gasteiger partial charge in [0.05, 0.1) is 6.04 Å². The number of nitrogens with one attached hydrogen (secondary N) is 1. The number of benzene rings is 1. The number of rotatable bonds is 2. The molecule has 96 valence electrons. The maximum atomic E-state index is 13.0. The Bertz CT molecular complexity index is 470. The van der Waals surface area contributed by atoms with E-state index in [1.54, 1.807) is 6.21 Å². The molecule has 0 fully saturated rings. The number of amides is 2. The molecule has 1 N–H and O–H groups in total. The maximum absolute atomic E-state index is 13.0. The van der Waals surface area contributed by atoms with Crippen LogP contribution in [0.2, 0.25) is 0 Å². The van der Waals surface area contributed by atoms with E-state index in [9.17, 15) is 13.6 Å². The van der Waals surface area contributed by atoms with Gasteiger partial charge in [-0.2, -0.15) is 5.10 Å². The Labute approximate surface area is 103 Å². The Morgan fingerprint density at radius 1 is 1.44 bits per heavy atom. The van der Waals surface area contributed by atoms with Crippen molar-refractivity contribution in [2.24, 2.45) is 5.10 Å². The van der Waals surface area contributed by atoms with E-state index in [-0.39, 0.29) is 11.7 Å². The number of hydrogen-bond donors (Lipinski definition) is 1. The molecule has 18 heavy (non-hydrogen) atoms. The minimum absolute atomic E-state index is 0.00315. The van der Waals surface area contributed by atoms with Gasteiger partial charge < -0.3 is 5.32 Å². The summed E-state index contributed by atoms with van der Waals surface area (Å²) in [5.74, 6) is -1.47. The van der Waals surface area contributed by atoms with E-state index in [0.29, 0.717) is 6.42 Å². The smallest absolute Gasteiger partial charge is 0.306 e. The molecule has 1 aromatic rings. The zero-order chi connectivity index (χ0) is 13.1. The Hall–Kier alpha value is -1.98. The molecule has 1 aromatic carbocycles. The molecule has 0 saturated heterocycles. The average molecular weight is 253 g/mol. The quantitative estimate of drug-likeness (QED) is 0.865. The van der Waals surface area contributed by atoms with Crippen LogP contribution in [0.5, 0.6) is 0 Å². The highest BCUT2D eigenvalue weighted by atomic mass is 19.1. The van der Waals surface area contributed by atoms with Crippen LogP contribution in [0, 0.1) is 11.6 Å². The van der Waals surface area contributed by atoms with Gasteiger partial charge in [-0.25, -0.2) is 18.6 Å². The second-order valence-corrected chi connectivity index (χ2v) is 4.03. The number of urea groups is 1. The fraction of sp³-hybridized carbons (Fsp3) is 0.333. The number of nitrogens with zero attached hydrogens (tertiary/aromatic N) is 2. The topological polar surface area (TPSA) is 44.7 Å². The minimum atomic E-state index is -0.734. The van der Waals surface area contributed by atoms with Crippen LogP contribution >= 0.6 is 0 Å². The van der Waals surface area contributed by atoms with Gasteiger partial charge in [-0.15, -0.1) is 0 Å². The Kier molecular flexibility index (Phi) is 3.55. The predicted octanol–water partition coefficient (Wildman–Crippen LogP) is 2.97. The van der Waals surface area contributed by atoms with Crippen molar-refractivity contribution in [2.45, 2.75) is 25.8 Å². The number of carbonyl (C=O) groups is 1. The first-order chi connectivity index (χ1) is 8.60. The van der Waals surface area contributed by atoms with Crippen LogP contribution in [-0.4, -0.2) is 23.3 Å². The van der Waals surface area contributed by atoms with E-state index in [1.165, 1.54) is 5.01 Å². The van der Waals surface area contributed by atoms with Gasteiger partial charge in [0.2, 0.25) is 0 Å². The standard InChI is InChI=1S/C12H13F2N3O/c1-2-11-3-4-15-17(11)12(18)16-10-6-8(13)5-9(14)7-10/h4-7,11H,2-3H2,1H3,(H,16,18). The SMILES string of the molecule is CCC1CC=NN1C(=O)Nc1cc(F)cc(F)c1. The lowest BCUT2D eigenvalue weighted by molar-refractivity contribution is 0.198. The Balaban J connectivity index is 2.09. The fourth-order valence-electron chi connectivity index (χ4n) is 1.82. The van der Waals surface area contributed by atoms with Crippen molar-refractivity contribution in [2.75, 3.05) is 5.32 Å². The first-order valence-electron chi connectivity index (χ1n) is 5.69. The third-order valence-electron chi connectivity index (χ3n) is 2.72. The molecule has 2 amide bonds. The van der Waals surface area contributed by atoms with Crippen molar-refractivity contribution < 1.29 is 13.6 Å². The van der Waals surface area contributed by atoms with Crippen molar-refractivity contribution in [3.63, 3.8) is 0 Å². The van der Waals surface area contributed by atoms with Gasteiger partial charge in [0.15, 0.2) is 0 Å². The molecular weight excluding hydrogens is 240 g/mol. The third-order valence-corrected chi connectivity index (χ3v) is 2.72. The molecular formula is C12H13F2N3O. The summed E-state index contributed by atoms with van der Waals surface area (Å²) in [6.07, 6.45) is 3.12. The fourth-order valence-corrected chi connectivity index (χ4v) is 1.82. The minimum Gasteiger partial charge on any atom is -0.306 e.